The van der Waals surface area contributed by atoms with Crippen molar-refractivity contribution in [1.29, 1.82) is 0 Å². The summed E-state index contributed by atoms with van der Waals surface area (Å²) in [4.78, 5) is 36.6. The van der Waals surface area contributed by atoms with E-state index in [4.69, 9.17) is 0 Å². The molecule has 0 aliphatic carbocycles. The van der Waals surface area contributed by atoms with Crippen LogP contribution in [0.5, 0.6) is 0 Å². The molecule has 0 aromatic heterocycles. The zero-order valence-electron chi connectivity index (χ0n) is 17.5. The number of methoxy groups -OCH3 is 2. The van der Waals surface area contributed by atoms with Gasteiger partial charge < -0.3 is 14.8 Å². The van der Waals surface area contributed by atoms with Gasteiger partial charge in [-0.25, -0.2) is 18.0 Å². The first kappa shape index (κ1) is 22.3. The number of ether oxygens (including phenoxy) is 2. The van der Waals surface area contributed by atoms with E-state index in [1.54, 1.807) is 19.1 Å². The zero-order chi connectivity index (χ0) is 22.9. The van der Waals surface area contributed by atoms with Crippen molar-refractivity contribution in [2.75, 3.05) is 30.1 Å². The van der Waals surface area contributed by atoms with Gasteiger partial charge in [-0.05, 0) is 55.3 Å². The van der Waals surface area contributed by atoms with E-state index in [-0.39, 0.29) is 22.9 Å². The average molecular weight is 446 g/mol. The third-order valence-corrected chi connectivity index (χ3v) is 6.16. The minimum absolute atomic E-state index is 0.0762. The van der Waals surface area contributed by atoms with Crippen LogP contribution in [0, 0.1) is 0 Å². The Labute approximate surface area is 180 Å². The maximum Gasteiger partial charge on any atom is 0.337 e. The van der Waals surface area contributed by atoms with E-state index >= 15 is 0 Å². The second kappa shape index (κ2) is 8.38. The Balaban J connectivity index is 1.91. The number of sulfonamides is 1. The minimum atomic E-state index is -3.43. The Hall–Kier alpha value is -3.40. The van der Waals surface area contributed by atoms with Crippen LogP contribution >= 0.6 is 0 Å². The predicted molar refractivity (Wildman–Crippen MR) is 114 cm³/mol. The summed E-state index contributed by atoms with van der Waals surface area (Å²) in [5.74, 6) is -1.83. The van der Waals surface area contributed by atoms with Crippen LogP contribution in [0.25, 0.3) is 0 Å². The lowest BCUT2D eigenvalue weighted by Crippen LogP contribution is -2.34. The molecule has 9 nitrogen and oxygen atoms in total. The molecule has 2 aromatic rings. The van der Waals surface area contributed by atoms with Crippen molar-refractivity contribution in [2.24, 2.45) is 0 Å². The van der Waals surface area contributed by atoms with Crippen LogP contribution in [-0.2, 0) is 25.9 Å². The number of hydrogen-bond acceptors (Lipinski definition) is 7. The summed E-state index contributed by atoms with van der Waals surface area (Å²) >= 11 is 0. The van der Waals surface area contributed by atoms with E-state index < -0.39 is 27.9 Å². The lowest BCUT2D eigenvalue weighted by molar-refractivity contribution is 0.0598. The molecule has 0 unspecified atom stereocenters. The topological polar surface area (TPSA) is 119 Å². The number of fused-ring (bicyclic) bond motifs is 1. The quantitative estimate of drug-likeness (QED) is 0.700. The molecule has 2 aromatic carbocycles. The molecule has 1 aliphatic heterocycles. The minimum Gasteiger partial charge on any atom is -0.465 e. The van der Waals surface area contributed by atoms with Crippen LogP contribution in [0.2, 0.25) is 0 Å². The fourth-order valence-corrected chi connectivity index (χ4v) is 4.89. The van der Waals surface area contributed by atoms with Crippen molar-refractivity contribution < 1.29 is 32.3 Å². The Morgan fingerprint density at radius 3 is 2.06 bits per heavy atom. The number of rotatable bonds is 5. The molecular weight excluding hydrogens is 424 g/mol. The molecule has 31 heavy (non-hydrogen) atoms. The summed E-state index contributed by atoms with van der Waals surface area (Å²) < 4.78 is 34.8. The first-order valence-electron chi connectivity index (χ1n) is 9.30. The van der Waals surface area contributed by atoms with E-state index in [1.165, 1.54) is 42.8 Å². The molecule has 1 N–H and O–H groups in total. The molecule has 1 heterocycles. The number of anilines is 2. The van der Waals surface area contributed by atoms with Gasteiger partial charge in [0.15, 0.2) is 0 Å². The maximum absolute atomic E-state index is 12.8. The van der Waals surface area contributed by atoms with Gasteiger partial charge in [-0.15, -0.1) is 0 Å². The fraction of sp³-hybridized carbons (Fsp3) is 0.286. The van der Waals surface area contributed by atoms with Crippen molar-refractivity contribution in [2.45, 2.75) is 19.4 Å². The molecule has 0 saturated heterocycles. The Bertz CT molecular complexity index is 1140. The summed E-state index contributed by atoms with van der Waals surface area (Å²) in [6.07, 6.45) is 1.63. The second-order valence-electron chi connectivity index (χ2n) is 7.19. The van der Waals surface area contributed by atoms with Crippen molar-refractivity contribution in [3.05, 3.63) is 58.7 Å². The van der Waals surface area contributed by atoms with Crippen molar-refractivity contribution in [1.82, 2.24) is 0 Å². The lowest BCUT2D eigenvalue weighted by Gasteiger charge is -2.21. The summed E-state index contributed by atoms with van der Waals surface area (Å²) in [5, 5.41) is 2.65. The van der Waals surface area contributed by atoms with Crippen LogP contribution in [0.3, 0.4) is 0 Å². The van der Waals surface area contributed by atoms with Crippen LogP contribution < -0.4 is 9.62 Å². The highest BCUT2D eigenvalue weighted by Crippen LogP contribution is 2.34. The number of esters is 2. The van der Waals surface area contributed by atoms with E-state index in [0.29, 0.717) is 17.7 Å². The van der Waals surface area contributed by atoms with E-state index in [0.717, 1.165) is 11.8 Å². The van der Waals surface area contributed by atoms with Gasteiger partial charge in [0.1, 0.15) is 0 Å². The predicted octanol–water partition coefficient (Wildman–Crippen LogP) is 2.22. The molecule has 0 radical (unpaired) electrons. The molecule has 3 rings (SSSR count). The molecule has 10 heteroatoms. The largest absolute Gasteiger partial charge is 0.465 e. The Kier molecular flexibility index (Phi) is 6.03. The van der Waals surface area contributed by atoms with Gasteiger partial charge in [-0.3, -0.25) is 9.10 Å². The smallest absolute Gasteiger partial charge is 0.337 e. The summed E-state index contributed by atoms with van der Waals surface area (Å²) in [5.41, 5.74) is 1.96. The van der Waals surface area contributed by atoms with Crippen LogP contribution in [0.1, 0.15) is 43.6 Å². The van der Waals surface area contributed by atoms with Crippen LogP contribution in [0.4, 0.5) is 11.4 Å². The average Bonchev–Trinajstić information content (AvgIpc) is 3.07. The summed E-state index contributed by atoms with van der Waals surface area (Å²) in [6.45, 7) is 1.80. The zero-order valence-corrected chi connectivity index (χ0v) is 18.3. The summed E-state index contributed by atoms with van der Waals surface area (Å²) in [7, 11) is -1.02. The molecule has 0 bridgehead atoms. The molecule has 1 amide bonds. The Morgan fingerprint density at radius 1 is 0.968 bits per heavy atom. The standard InChI is InChI=1S/C21H22N2O7S/c1-12-7-14-8-13(5-6-18(14)23(12)31(4,27)28)19(24)22-17-10-15(20(25)29-2)9-16(11-17)21(26)30-3/h5-6,8-12H,7H2,1-4H3,(H,22,24)/t12-/m0/s1. The first-order valence-corrected chi connectivity index (χ1v) is 11.2. The number of carbonyl (C=O) groups excluding carboxylic acids is 3. The maximum atomic E-state index is 12.8. The van der Waals surface area contributed by atoms with Crippen molar-refractivity contribution >= 4 is 39.2 Å². The lowest BCUT2D eigenvalue weighted by atomic mass is 10.1. The normalized spacial score (nSPS) is 15.2. The van der Waals surface area contributed by atoms with Gasteiger partial charge in [0.2, 0.25) is 10.0 Å². The number of hydrogen-bond donors (Lipinski definition) is 1. The van der Waals surface area contributed by atoms with E-state index in [1.807, 2.05) is 0 Å². The number of nitrogens with one attached hydrogen (secondary N) is 1. The SMILES string of the molecule is COC(=O)c1cc(NC(=O)c2ccc3c(c2)C[C@H](C)N3S(C)(=O)=O)cc(C(=O)OC)c1. The van der Waals surface area contributed by atoms with Crippen LogP contribution in [-0.4, -0.2) is 52.8 Å². The number of amides is 1. The first-order chi connectivity index (χ1) is 14.5. The van der Waals surface area contributed by atoms with Gasteiger partial charge in [-0.1, -0.05) is 0 Å². The highest BCUT2D eigenvalue weighted by Gasteiger charge is 2.32. The Morgan fingerprint density at radius 2 is 1.55 bits per heavy atom. The molecular formula is C21H22N2O7S. The number of benzene rings is 2. The molecule has 1 aliphatic rings. The monoisotopic (exact) mass is 446 g/mol. The van der Waals surface area contributed by atoms with Gasteiger partial charge >= 0.3 is 11.9 Å². The molecule has 0 saturated carbocycles. The molecule has 1 atom stereocenters. The third kappa shape index (κ3) is 4.53. The van der Waals surface area contributed by atoms with Gasteiger partial charge in [0, 0.05) is 17.3 Å². The fourth-order valence-electron chi connectivity index (χ4n) is 3.62. The van der Waals surface area contributed by atoms with E-state index in [9.17, 15) is 22.8 Å². The van der Waals surface area contributed by atoms with Crippen molar-refractivity contribution in [3.63, 3.8) is 0 Å². The number of carbonyl (C=O) groups is 3. The second-order valence-corrected chi connectivity index (χ2v) is 9.05. The van der Waals surface area contributed by atoms with Gasteiger partial charge in [-0.2, -0.15) is 0 Å². The van der Waals surface area contributed by atoms with Crippen LogP contribution in [0.15, 0.2) is 36.4 Å². The van der Waals surface area contributed by atoms with Crippen molar-refractivity contribution in [3.8, 4) is 0 Å². The molecule has 0 spiro atoms. The van der Waals surface area contributed by atoms with Gasteiger partial charge in [0.25, 0.3) is 5.91 Å². The number of nitrogens with zero attached hydrogens (tertiary/aromatic N) is 1. The summed E-state index contributed by atoms with van der Waals surface area (Å²) in [6, 6.07) is 8.59. The van der Waals surface area contributed by atoms with E-state index in [2.05, 4.69) is 14.8 Å². The molecule has 0 fully saturated rings. The molecule has 164 valence electrons. The highest BCUT2D eigenvalue weighted by molar-refractivity contribution is 7.92. The van der Waals surface area contributed by atoms with Gasteiger partial charge in [0.05, 0.1) is 37.3 Å². The highest BCUT2D eigenvalue weighted by atomic mass is 32.2. The third-order valence-electron chi connectivity index (χ3n) is 4.89.